The molecule has 0 radical (unpaired) electrons. The normalized spacial score (nSPS) is 20.1. The molecular formula is C17H14ClF3N2O2. The van der Waals surface area contributed by atoms with Crippen LogP contribution in [-0.2, 0) is 11.4 Å². The molecule has 0 fully saturated rings. The van der Waals surface area contributed by atoms with Gasteiger partial charge in [-0.05, 0) is 35.4 Å². The lowest BCUT2D eigenvalue weighted by Gasteiger charge is -2.22. The van der Waals surface area contributed by atoms with E-state index in [0.29, 0.717) is 17.1 Å². The van der Waals surface area contributed by atoms with E-state index in [2.05, 4.69) is 15.3 Å². The summed E-state index contributed by atoms with van der Waals surface area (Å²) in [5.41, 5.74) is 2.36. The van der Waals surface area contributed by atoms with Crippen LogP contribution in [0.25, 0.3) is 0 Å². The average Bonchev–Trinajstić information content (AvgIpc) is 2.98. The number of anilines is 1. The maximum atomic E-state index is 12.7. The van der Waals surface area contributed by atoms with Gasteiger partial charge in [0.1, 0.15) is 0 Å². The molecule has 0 aromatic heterocycles. The second-order valence-electron chi connectivity index (χ2n) is 5.65. The van der Waals surface area contributed by atoms with E-state index in [4.69, 9.17) is 11.6 Å². The molecule has 0 amide bonds. The number of benzene rings is 2. The van der Waals surface area contributed by atoms with Gasteiger partial charge in [0.25, 0.3) is 0 Å². The molecule has 1 atom stereocenters. The molecule has 0 saturated carbocycles. The van der Waals surface area contributed by atoms with Gasteiger partial charge in [-0.3, -0.25) is 0 Å². The Morgan fingerprint density at radius 2 is 1.76 bits per heavy atom. The third kappa shape index (κ3) is 3.88. The minimum atomic E-state index is -4.90. The van der Waals surface area contributed by atoms with Crippen molar-refractivity contribution in [2.45, 2.75) is 24.9 Å². The topological polar surface area (TPSA) is 53.8 Å². The molecule has 8 heteroatoms. The van der Waals surface area contributed by atoms with Crippen molar-refractivity contribution in [1.82, 2.24) is 0 Å². The van der Waals surface area contributed by atoms with E-state index in [0.717, 1.165) is 11.3 Å². The molecule has 1 unspecified atom stereocenters. The van der Waals surface area contributed by atoms with Crippen molar-refractivity contribution >= 4 is 23.0 Å². The van der Waals surface area contributed by atoms with Gasteiger partial charge in [-0.1, -0.05) is 41.0 Å². The van der Waals surface area contributed by atoms with Crippen LogP contribution < -0.4 is 5.32 Å². The summed E-state index contributed by atoms with van der Waals surface area (Å²) >= 11 is 5.82. The van der Waals surface area contributed by atoms with Gasteiger partial charge in [0.05, 0.1) is 12.1 Å². The molecule has 2 N–H and O–H groups in total. The molecule has 1 heterocycles. The van der Waals surface area contributed by atoms with Crippen LogP contribution >= 0.6 is 11.6 Å². The monoisotopic (exact) mass is 370 g/mol. The number of aliphatic hydroxyl groups is 1. The zero-order chi connectivity index (χ0) is 18.1. The van der Waals surface area contributed by atoms with Crippen molar-refractivity contribution in [1.29, 1.82) is 0 Å². The van der Waals surface area contributed by atoms with Crippen LogP contribution in [0, 0.1) is 0 Å². The zero-order valence-electron chi connectivity index (χ0n) is 12.8. The lowest BCUT2D eigenvalue weighted by molar-refractivity contribution is -0.355. The number of halogens is 4. The van der Waals surface area contributed by atoms with Crippen molar-refractivity contribution in [3.05, 3.63) is 64.7 Å². The Labute approximate surface area is 146 Å². The number of oxime groups is 1. The quantitative estimate of drug-likeness (QED) is 0.842. The Morgan fingerprint density at radius 1 is 1.12 bits per heavy atom. The number of hydrogen-bond acceptors (Lipinski definition) is 4. The Hall–Kier alpha value is -2.25. The van der Waals surface area contributed by atoms with Gasteiger partial charge in [0, 0.05) is 17.3 Å². The second kappa shape index (κ2) is 6.57. The first-order valence-corrected chi connectivity index (χ1v) is 7.77. The Morgan fingerprint density at radius 3 is 2.32 bits per heavy atom. The van der Waals surface area contributed by atoms with Gasteiger partial charge in [0.15, 0.2) is 0 Å². The van der Waals surface area contributed by atoms with Crippen LogP contribution in [0.5, 0.6) is 0 Å². The van der Waals surface area contributed by atoms with Crippen LogP contribution in [0.4, 0.5) is 18.9 Å². The molecule has 0 spiro atoms. The summed E-state index contributed by atoms with van der Waals surface area (Å²) in [6.07, 6.45) is -5.64. The molecule has 4 nitrogen and oxygen atoms in total. The predicted octanol–water partition coefficient (Wildman–Crippen LogP) is 4.33. The predicted molar refractivity (Wildman–Crippen MR) is 88.5 cm³/mol. The highest BCUT2D eigenvalue weighted by Crippen LogP contribution is 2.38. The van der Waals surface area contributed by atoms with Crippen LogP contribution in [0.2, 0.25) is 5.02 Å². The first kappa shape index (κ1) is 17.6. The van der Waals surface area contributed by atoms with Crippen LogP contribution in [0.1, 0.15) is 17.5 Å². The average molecular weight is 371 g/mol. The number of nitrogens with one attached hydrogen (secondary N) is 1. The number of alkyl halides is 3. The summed E-state index contributed by atoms with van der Waals surface area (Å²) in [5.74, 6) is -3.25. The maximum Gasteiger partial charge on any atom is 0.458 e. The fourth-order valence-electron chi connectivity index (χ4n) is 2.32. The van der Waals surface area contributed by atoms with E-state index in [9.17, 15) is 18.3 Å². The molecule has 1 aliphatic heterocycles. The molecule has 0 saturated heterocycles. The highest BCUT2D eigenvalue weighted by molar-refractivity contribution is 6.30. The van der Waals surface area contributed by atoms with Crippen molar-refractivity contribution < 1.29 is 23.1 Å². The molecule has 2 aromatic carbocycles. The van der Waals surface area contributed by atoms with Crippen LogP contribution in [0.15, 0.2) is 53.7 Å². The summed E-state index contributed by atoms with van der Waals surface area (Å²) in [7, 11) is 0. The van der Waals surface area contributed by atoms with E-state index >= 15 is 0 Å². The largest absolute Gasteiger partial charge is 0.458 e. The fourth-order valence-corrected chi connectivity index (χ4v) is 2.44. The highest BCUT2D eigenvalue weighted by Gasteiger charge is 2.60. The summed E-state index contributed by atoms with van der Waals surface area (Å²) in [5, 5.41) is 16.7. The SMILES string of the molecule is OC1(C(F)(F)F)CC(c2ccc(CNc3ccc(Cl)cc3)cc2)=NO1. The lowest BCUT2D eigenvalue weighted by atomic mass is 10.0. The third-order valence-corrected chi connectivity index (χ3v) is 4.04. The third-order valence-electron chi connectivity index (χ3n) is 3.78. The highest BCUT2D eigenvalue weighted by atomic mass is 35.5. The smallest absolute Gasteiger partial charge is 0.381 e. The van der Waals surface area contributed by atoms with Gasteiger partial charge in [-0.15, -0.1) is 0 Å². The van der Waals surface area contributed by atoms with Gasteiger partial charge in [-0.2, -0.15) is 13.2 Å². The first-order chi connectivity index (χ1) is 11.8. The number of rotatable bonds is 4. The Bertz CT molecular complexity index is 776. The van der Waals surface area contributed by atoms with E-state index in [1.54, 1.807) is 36.4 Å². The van der Waals surface area contributed by atoms with Crippen molar-refractivity contribution in [2.75, 3.05) is 5.32 Å². The molecule has 0 bridgehead atoms. The van der Waals surface area contributed by atoms with Gasteiger partial charge in [0.2, 0.25) is 0 Å². The molecule has 2 aromatic rings. The molecule has 25 heavy (non-hydrogen) atoms. The van der Waals surface area contributed by atoms with Gasteiger partial charge >= 0.3 is 12.0 Å². The number of hydrogen-bond donors (Lipinski definition) is 2. The van der Waals surface area contributed by atoms with E-state index in [1.165, 1.54) is 0 Å². The summed E-state index contributed by atoms with van der Waals surface area (Å²) in [6, 6.07) is 14.1. The van der Waals surface area contributed by atoms with Crippen LogP contribution in [-0.4, -0.2) is 22.8 Å². The fraction of sp³-hybridized carbons (Fsp3) is 0.235. The van der Waals surface area contributed by atoms with E-state index in [1.807, 2.05) is 12.1 Å². The van der Waals surface area contributed by atoms with E-state index < -0.39 is 18.4 Å². The molecule has 1 aliphatic rings. The number of nitrogens with zero attached hydrogens (tertiary/aromatic N) is 1. The lowest BCUT2D eigenvalue weighted by Crippen LogP contribution is -2.45. The van der Waals surface area contributed by atoms with Gasteiger partial charge in [-0.25, -0.2) is 0 Å². The van der Waals surface area contributed by atoms with Gasteiger partial charge < -0.3 is 15.3 Å². The minimum Gasteiger partial charge on any atom is -0.381 e. The van der Waals surface area contributed by atoms with Crippen molar-refractivity contribution in [2.24, 2.45) is 5.16 Å². The van der Waals surface area contributed by atoms with Crippen molar-refractivity contribution in [3.8, 4) is 0 Å². The molecule has 0 aliphatic carbocycles. The van der Waals surface area contributed by atoms with E-state index in [-0.39, 0.29) is 5.71 Å². The second-order valence-corrected chi connectivity index (χ2v) is 6.08. The standard InChI is InChI=1S/C17H14ClF3N2O2/c18-13-5-7-14(8-6-13)22-10-11-1-3-12(4-2-11)15-9-16(24,25-23-15)17(19,20)21/h1-8,22,24H,9-10H2. The summed E-state index contributed by atoms with van der Waals surface area (Å²) in [4.78, 5) is 4.21. The maximum absolute atomic E-state index is 12.7. The molecule has 132 valence electrons. The van der Waals surface area contributed by atoms with Crippen LogP contribution in [0.3, 0.4) is 0 Å². The van der Waals surface area contributed by atoms with Crippen molar-refractivity contribution in [3.63, 3.8) is 0 Å². The Kier molecular flexibility index (Phi) is 4.62. The molecule has 3 rings (SSSR count). The summed E-state index contributed by atoms with van der Waals surface area (Å²) < 4.78 is 38.2. The minimum absolute atomic E-state index is 0.0528. The first-order valence-electron chi connectivity index (χ1n) is 7.40. The zero-order valence-corrected chi connectivity index (χ0v) is 13.6. The molecular weight excluding hydrogens is 357 g/mol. The Balaban J connectivity index is 1.62. The summed E-state index contributed by atoms with van der Waals surface area (Å²) in [6.45, 7) is 0.539.